The number of allylic oxidation sites excluding steroid dienone is 2. The van der Waals surface area contributed by atoms with Crippen molar-refractivity contribution in [3.63, 3.8) is 0 Å². The number of halogens is 4. The fourth-order valence-corrected chi connectivity index (χ4v) is 4.43. The number of nitrogens with one attached hydrogen (secondary N) is 2. The Bertz CT molecular complexity index is 1120. The van der Waals surface area contributed by atoms with Crippen molar-refractivity contribution in [1.29, 1.82) is 5.41 Å². The number of carbonyl (C=O) groups excluding carboxylic acids is 1. The lowest BCUT2D eigenvalue weighted by atomic mass is 9.81. The highest BCUT2D eigenvalue weighted by molar-refractivity contribution is 6.21. The van der Waals surface area contributed by atoms with Crippen LogP contribution >= 0.6 is 0 Å². The van der Waals surface area contributed by atoms with Crippen LogP contribution in [0.2, 0.25) is 0 Å². The maximum Gasteiger partial charge on any atom is 0.408 e. The fraction of sp³-hybridized carbons (Fsp3) is 0.480. The first kappa shape index (κ1) is 26.4. The summed E-state index contributed by atoms with van der Waals surface area (Å²) in [5, 5.41) is 15.7. The van der Waals surface area contributed by atoms with Gasteiger partial charge >= 0.3 is 6.18 Å². The standard InChI is InChI=1S/C25H31F4N5O/c1-15(30)22(16(2)35)18-4-5-20(23(31)19-12-33-34(13-19)14-25(27,28)29)21(10-18)32-11-17-6-8-24(3,26)9-7-17/h4-5,10,12-13,17,31-32H,6-9,11,14,30H2,1-3H3. The predicted molar refractivity (Wildman–Crippen MR) is 128 cm³/mol. The van der Waals surface area contributed by atoms with Gasteiger partial charge in [-0.1, -0.05) is 12.1 Å². The normalized spacial score (nSPS) is 21.4. The van der Waals surface area contributed by atoms with E-state index in [9.17, 15) is 22.4 Å². The molecule has 1 heterocycles. The maximum atomic E-state index is 14.2. The van der Waals surface area contributed by atoms with E-state index >= 15 is 0 Å². The molecule has 1 fully saturated rings. The monoisotopic (exact) mass is 493 g/mol. The lowest BCUT2D eigenvalue weighted by molar-refractivity contribution is -0.142. The number of nitrogens with two attached hydrogens (primary N) is 1. The van der Waals surface area contributed by atoms with E-state index in [1.165, 1.54) is 19.3 Å². The minimum Gasteiger partial charge on any atom is -0.402 e. The van der Waals surface area contributed by atoms with E-state index in [-0.39, 0.29) is 23.0 Å². The van der Waals surface area contributed by atoms with Crippen LogP contribution < -0.4 is 11.1 Å². The zero-order valence-electron chi connectivity index (χ0n) is 20.1. The summed E-state index contributed by atoms with van der Waals surface area (Å²) in [6.07, 6.45) is 0.370. The topological polar surface area (TPSA) is 96.8 Å². The average molecular weight is 494 g/mol. The van der Waals surface area contributed by atoms with Gasteiger partial charge in [-0.2, -0.15) is 18.3 Å². The molecule has 0 saturated heterocycles. The van der Waals surface area contributed by atoms with Gasteiger partial charge < -0.3 is 11.1 Å². The minimum atomic E-state index is -4.43. The van der Waals surface area contributed by atoms with Crippen LogP contribution in [0.4, 0.5) is 23.2 Å². The van der Waals surface area contributed by atoms with Crippen LogP contribution in [0, 0.1) is 11.3 Å². The molecule has 0 unspecified atom stereocenters. The molecule has 1 aromatic carbocycles. The second-order valence-electron chi connectivity index (χ2n) is 9.53. The first-order chi connectivity index (χ1) is 16.3. The van der Waals surface area contributed by atoms with Gasteiger partial charge in [0.15, 0.2) is 5.78 Å². The van der Waals surface area contributed by atoms with Crippen LogP contribution in [0.25, 0.3) is 5.57 Å². The lowest BCUT2D eigenvalue weighted by Crippen LogP contribution is -2.29. The van der Waals surface area contributed by atoms with Crippen LogP contribution in [-0.4, -0.2) is 39.7 Å². The fourth-order valence-electron chi connectivity index (χ4n) is 4.43. The number of carbonyl (C=O) groups is 1. The first-order valence-electron chi connectivity index (χ1n) is 11.5. The molecule has 1 aliphatic rings. The summed E-state index contributed by atoms with van der Waals surface area (Å²) in [6, 6.07) is 5.03. The van der Waals surface area contributed by atoms with E-state index in [2.05, 4.69) is 10.4 Å². The molecule has 0 amide bonds. The minimum absolute atomic E-state index is 0.00900. The highest BCUT2D eigenvalue weighted by atomic mass is 19.4. The number of benzene rings is 1. The molecule has 190 valence electrons. The number of hydrogen-bond donors (Lipinski definition) is 3. The molecule has 1 aliphatic carbocycles. The SMILES string of the molecule is CC(=O)C(=C(C)N)c1ccc(C(=N)c2cnn(CC(F)(F)F)c2)c(NCC2CCC(C)(F)CC2)c1. The highest BCUT2D eigenvalue weighted by Gasteiger charge is 2.31. The molecule has 0 bridgehead atoms. The molecule has 2 aromatic rings. The molecule has 35 heavy (non-hydrogen) atoms. The van der Waals surface area contributed by atoms with E-state index in [0.717, 1.165) is 17.5 Å². The summed E-state index contributed by atoms with van der Waals surface area (Å²) in [5.41, 5.74) is 7.28. The summed E-state index contributed by atoms with van der Waals surface area (Å²) in [5.74, 6) is 0.0276. The van der Waals surface area contributed by atoms with Crippen molar-refractivity contribution in [2.45, 2.75) is 64.8 Å². The highest BCUT2D eigenvalue weighted by Crippen LogP contribution is 2.35. The van der Waals surface area contributed by atoms with Crippen molar-refractivity contribution in [1.82, 2.24) is 9.78 Å². The zero-order chi connectivity index (χ0) is 26.0. The van der Waals surface area contributed by atoms with Crippen molar-refractivity contribution in [2.75, 3.05) is 11.9 Å². The molecular weight excluding hydrogens is 462 g/mol. The van der Waals surface area contributed by atoms with Gasteiger partial charge in [-0.3, -0.25) is 14.9 Å². The van der Waals surface area contributed by atoms with Gasteiger partial charge in [-0.15, -0.1) is 0 Å². The number of ketones is 1. The quantitative estimate of drug-likeness (QED) is 0.258. The van der Waals surface area contributed by atoms with Crippen LogP contribution in [0.5, 0.6) is 0 Å². The van der Waals surface area contributed by atoms with Gasteiger partial charge in [0.1, 0.15) is 12.2 Å². The predicted octanol–water partition coefficient (Wildman–Crippen LogP) is 5.47. The number of anilines is 1. The van der Waals surface area contributed by atoms with Gasteiger partial charge in [0, 0.05) is 40.8 Å². The Labute approximate surface area is 202 Å². The molecule has 0 atom stereocenters. The van der Waals surface area contributed by atoms with E-state index in [1.54, 1.807) is 32.0 Å². The van der Waals surface area contributed by atoms with Crippen molar-refractivity contribution < 1.29 is 22.4 Å². The van der Waals surface area contributed by atoms with Crippen LogP contribution in [-0.2, 0) is 11.3 Å². The molecule has 0 spiro atoms. The first-order valence-corrected chi connectivity index (χ1v) is 11.5. The average Bonchev–Trinajstić information content (AvgIpc) is 3.19. The Balaban J connectivity index is 1.91. The Hall–Kier alpha value is -3.17. The third kappa shape index (κ3) is 6.93. The molecule has 3 rings (SSSR count). The largest absolute Gasteiger partial charge is 0.408 e. The van der Waals surface area contributed by atoms with Crippen molar-refractivity contribution >= 4 is 22.8 Å². The van der Waals surface area contributed by atoms with Crippen molar-refractivity contribution in [2.24, 2.45) is 11.7 Å². The Kier molecular flexibility index (Phi) is 7.71. The van der Waals surface area contributed by atoms with Crippen LogP contribution in [0.1, 0.15) is 63.1 Å². The molecule has 6 nitrogen and oxygen atoms in total. The lowest BCUT2D eigenvalue weighted by Gasteiger charge is -2.31. The van der Waals surface area contributed by atoms with Crippen molar-refractivity contribution in [3.8, 4) is 0 Å². The van der Waals surface area contributed by atoms with Gasteiger partial charge in [-0.05, 0) is 64.0 Å². The number of rotatable bonds is 8. The Morgan fingerprint density at radius 1 is 1.26 bits per heavy atom. The van der Waals surface area contributed by atoms with Gasteiger partial charge in [0.25, 0.3) is 0 Å². The summed E-state index contributed by atoms with van der Waals surface area (Å²) in [7, 11) is 0. The summed E-state index contributed by atoms with van der Waals surface area (Å²) >= 11 is 0. The third-order valence-electron chi connectivity index (χ3n) is 6.32. The van der Waals surface area contributed by atoms with Crippen LogP contribution in [0.3, 0.4) is 0 Å². The van der Waals surface area contributed by atoms with Gasteiger partial charge in [0.2, 0.25) is 0 Å². The van der Waals surface area contributed by atoms with E-state index < -0.39 is 18.4 Å². The molecular formula is C25H31F4N5O. The van der Waals surface area contributed by atoms with Gasteiger partial charge in [0.05, 0.1) is 11.9 Å². The number of aromatic nitrogens is 2. The Morgan fingerprint density at radius 2 is 1.91 bits per heavy atom. The smallest absolute Gasteiger partial charge is 0.402 e. The number of nitrogens with zero attached hydrogens (tertiary/aromatic N) is 2. The van der Waals surface area contributed by atoms with Crippen molar-refractivity contribution in [3.05, 3.63) is 53.0 Å². The molecule has 0 radical (unpaired) electrons. The molecule has 10 heteroatoms. The molecule has 1 saturated carbocycles. The third-order valence-corrected chi connectivity index (χ3v) is 6.32. The molecule has 0 aliphatic heterocycles. The Morgan fingerprint density at radius 3 is 2.49 bits per heavy atom. The van der Waals surface area contributed by atoms with Gasteiger partial charge in [-0.25, -0.2) is 4.39 Å². The second-order valence-corrected chi connectivity index (χ2v) is 9.53. The number of alkyl halides is 4. The summed E-state index contributed by atoms with van der Waals surface area (Å²) in [6.45, 7) is 3.95. The van der Waals surface area contributed by atoms with E-state index in [0.29, 0.717) is 47.5 Å². The van der Waals surface area contributed by atoms with E-state index in [1.807, 2.05) is 0 Å². The maximum absolute atomic E-state index is 14.2. The van der Waals surface area contributed by atoms with Crippen LogP contribution in [0.15, 0.2) is 36.3 Å². The number of hydrogen-bond acceptors (Lipinski definition) is 5. The summed E-state index contributed by atoms with van der Waals surface area (Å²) < 4.78 is 53.1. The van der Waals surface area contributed by atoms with E-state index in [4.69, 9.17) is 11.1 Å². The summed E-state index contributed by atoms with van der Waals surface area (Å²) in [4.78, 5) is 12.2. The molecule has 1 aromatic heterocycles. The number of Topliss-reactive ketones (excluding diaryl/α,β-unsaturated/α-hetero) is 1. The molecule has 4 N–H and O–H groups in total. The second kappa shape index (κ2) is 10.2. The zero-order valence-corrected chi connectivity index (χ0v) is 20.1.